The SMILES string of the molecule is C=CC(/C=C/C(N)=Nc1ccc(N)c(C=N)c1)=N\C(=C/C)NC. The number of aliphatic imine (C=N–C) groups is 2. The van der Waals surface area contributed by atoms with Crippen molar-refractivity contribution in [3.63, 3.8) is 0 Å². The minimum Gasteiger partial charge on any atom is -0.398 e. The molecule has 0 spiro atoms. The van der Waals surface area contributed by atoms with Gasteiger partial charge >= 0.3 is 0 Å². The van der Waals surface area contributed by atoms with Crippen molar-refractivity contribution in [3.8, 4) is 0 Å². The fourth-order valence-corrected chi connectivity index (χ4v) is 1.67. The number of nitrogens with zero attached hydrogens (tertiary/aromatic N) is 2. The molecule has 0 fully saturated rings. The predicted octanol–water partition coefficient (Wildman–Crippen LogP) is 2.52. The van der Waals surface area contributed by atoms with E-state index in [1.54, 1.807) is 43.5 Å². The van der Waals surface area contributed by atoms with Gasteiger partial charge in [0.15, 0.2) is 0 Å². The average Bonchev–Trinajstić information content (AvgIpc) is 2.57. The highest BCUT2D eigenvalue weighted by molar-refractivity contribution is 6.08. The number of nitrogen functional groups attached to an aromatic ring is 1. The van der Waals surface area contributed by atoms with E-state index < -0.39 is 0 Å². The second-order valence-corrected chi connectivity index (χ2v) is 4.49. The molecule has 0 saturated heterocycles. The molecule has 0 aromatic heterocycles. The number of benzene rings is 1. The number of amidine groups is 1. The Hall–Kier alpha value is -3.15. The summed E-state index contributed by atoms with van der Waals surface area (Å²) in [7, 11) is 1.79. The first kappa shape index (κ1) is 17.9. The molecule has 1 aromatic carbocycles. The molecule has 1 rings (SSSR count). The number of hydrogen-bond acceptors (Lipinski definition) is 5. The van der Waals surface area contributed by atoms with E-state index in [2.05, 4.69) is 21.9 Å². The normalized spacial score (nSPS) is 13.2. The van der Waals surface area contributed by atoms with Crippen LogP contribution in [0.5, 0.6) is 0 Å². The molecule has 0 radical (unpaired) electrons. The van der Waals surface area contributed by atoms with Gasteiger partial charge in [-0.2, -0.15) is 0 Å². The maximum absolute atomic E-state index is 7.29. The summed E-state index contributed by atoms with van der Waals surface area (Å²) in [6.45, 7) is 5.61. The summed E-state index contributed by atoms with van der Waals surface area (Å²) < 4.78 is 0. The van der Waals surface area contributed by atoms with Crippen molar-refractivity contribution in [1.29, 1.82) is 5.41 Å². The van der Waals surface area contributed by atoms with E-state index in [-0.39, 0.29) is 0 Å². The lowest BCUT2D eigenvalue weighted by Crippen LogP contribution is -2.09. The van der Waals surface area contributed by atoms with Gasteiger partial charge in [0, 0.05) is 24.5 Å². The second kappa shape index (κ2) is 8.99. The molecule has 23 heavy (non-hydrogen) atoms. The first-order valence-electron chi connectivity index (χ1n) is 7.01. The highest BCUT2D eigenvalue weighted by atomic mass is 15.0. The minimum atomic E-state index is 0.312. The van der Waals surface area contributed by atoms with Gasteiger partial charge in [-0.05, 0) is 49.4 Å². The lowest BCUT2D eigenvalue weighted by molar-refractivity contribution is 0.961. The zero-order valence-electron chi connectivity index (χ0n) is 13.4. The van der Waals surface area contributed by atoms with Crippen molar-refractivity contribution in [2.75, 3.05) is 12.8 Å². The fourth-order valence-electron chi connectivity index (χ4n) is 1.67. The monoisotopic (exact) mass is 310 g/mol. The predicted molar refractivity (Wildman–Crippen MR) is 99.6 cm³/mol. The summed E-state index contributed by atoms with van der Waals surface area (Å²) in [6, 6.07) is 5.13. The van der Waals surface area contributed by atoms with Crippen molar-refractivity contribution >= 4 is 29.1 Å². The van der Waals surface area contributed by atoms with E-state index in [1.807, 2.05) is 13.0 Å². The van der Waals surface area contributed by atoms with Crippen LogP contribution in [0.15, 0.2) is 64.9 Å². The smallest absolute Gasteiger partial charge is 0.124 e. The largest absolute Gasteiger partial charge is 0.398 e. The van der Waals surface area contributed by atoms with Crippen LogP contribution >= 0.6 is 0 Å². The Labute approximate surface area is 136 Å². The van der Waals surface area contributed by atoms with Gasteiger partial charge in [0.1, 0.15) is 11.7 Å². The van der Waals surface area contributed by atoms with Crippen molar-refractivity contribution in [3.05, 3.63) is 60.5 Å². The van der Waals surface area contributed by atoms with Crippen molar-refractivity contribution in [1.82, 2.24) is 5.32 Å². The molecular weight excluding hydrogens is 288 g/mol. The van der Waals surface area contributed by atoms with Gasteiger partial charge in [0.2, 0.25) is 0 Å². The zero-order valence-corrected chi connectivity index (χ0v) is 13.4. The molecule has 0 heterocycles. The number of rotatable bonds is 7. The van der Waals surface area contributed by atoms with E-state index >= 15 is 0 Å². The number of nitrogens with two attached hydrogens (primary N) is 2. The van der Waals surface area contributed by atoms with Gasteiger partial charge in [-0.15, -0.1) is 0 Å². The van der Waals surface area contributed by atoms with Crippen LogP contribution in [0.25, 0.3) is 0 Å². The highest BCUT2D eigenvalue weighted by Gasteiger charge is 1.98. The summed E-state index contributed by atoms with van der Waals surface area (Å²) in [5, 5.41) is 10.3. The van der Waals surface area contributed by atoms with Gasteiger partial charge < -0.3 is 22.2 Å². The Kier molecular flexibility index (Phi) is 7.00. The Balaban J connectivity index is 2.98. The third kappa shape index (κ3) is 5.62. The van der Waals surface area contributed by atoms with E-state index in [1.165, 1.54) is 6.21 Å². The lowest BCUT2D eigenvalue weighted by Gasteiger charge is -2.02. The molecule has 0 aliphatic carbocycles. The summed E-state index contributed by atoms with van der Waals surface area (Å²) in [5.74, 6) is 1.04. The summed E-state index contributed by atoms with van der Waals surface area (Å²) in [5.41, 5.74) is 14.0. The second-order valence-electron chi connectivity index (χ2n) is 4.49. The van der Waals surface area contributed by atoms with Crippen molar-refractivity contribution < 1.29 is 0 Å². The summed E-state index contributed by atoms with van der Waals surface area (Å²) in [4.78, 5) is 8.62. The first-order valence-corrected chi connectivity index (χ1v) is 7.01. The molecule has 0 amide bonds. The standard InChI is InChI=1S/C17H22N6/c1-4-13(23-17(5-2)21-3)7-9-16(20)22-14-6-8-15(19)12(10-14)11-18/h4-11,18,21H,1,19H2,2-3H3,(H2,20,22)/b9-7+,17-5-,18-11?,23-13+. The maximum atomic E-state index is 7.29. The van der Waals surface area contributed by atoms with Crippen LogP contribution in [-0.4, -0.2) is 24.8 Å². The van der Waals surface area contributed by atoms with Crippen molar-refractivity contribution in [2.24, 2.45) is 15.7 Å². The molecule has 0 saturated carbocycles. The van der Waals surface area contributed by atoms with Crippen molar-refractivity contribution in [2.45, 2.75) is 6.92 Å². The van der Waals surface area contributed by atoms with E-state index in [4.69, 9.17) is 16.9 Å². The van der Waals surface area contributed by atoms with E-state index in [0.717, 1.165) is 5.82 Å². The van der Waals surface area contributed by atoms with Crippen LogP contribution in [0.1, 0.15) is 12.5 Å². The number of nitrogens with one attached hydrogen (secondary N) is 2. The van der Waals surface area contributed by atoms with Crippen LogP contribution in [0.2, 0.25) is 0 Å². The Morgan fingerprint density at radius 2 is 2.09 bits per heavy atom. The van der Waals surface area contributed by atoms with Gasteiger partial charge in [-0.3, -0.25) is 0 Å². The quantitative estimate of drug-likeness (QED) is 0.352. The van der Waals surface area contributed by atoms with Crippen LogP contribution < -0.4 is 16.8 Å². The van der Waals surface area contributed by atoms with Crippen LogP contribution in [0, 0.1) is 5.41 Å². The minimum absolute atomic E-state index is 0.312. The Bertz CT molecular complexity index is 695. The molecule has 0 bridgehead atoms. The molecule has 1 aromatic rings. The molecule has 6 heteroatoms. The third-order valence-electron chi connectivity index (χ3n) is 2.90. The van der Waals surface area contributed by atoms with E-state index in [0.29, 0.717) is 28.5 Å². The molecule has 0 aliphatic rings. The first-order chi connectivity index (χ1) is 11.0. The van der Waals surface area contributed by atoms with Gasteiger partial charge in [0.05, 0.1) is 11.4 Å². The Morgan fingerprint density at radius 3 is 2.65 bits per heavy atom. The molecule has 6 N–H and O–H groups in total. The van der Waals surface area contributed by atoms with Crippen LogP contribution in [0.4, 0.5) is 11.4 Å². The number of hydrogen-bond donors (Lipinski definition) is 4. The summed E-state index contributed by atoms with van der Waals surface area (Å²) >= 11 is 0. The van der Waals surface area contributed by atoms with Crippen LogP contribution in [-0.2, 0) is 0 Å². The van der Waals surface area contributed by atoms with Gasteiger partial charge in [-0.25, -0.2) is 9.98 Å². The molecule has 6 nitrogen and oxygen atoms in total. The Morgan fingerprint density at radius 1 is 1.35 bits per heavy atom. The molecular formula is C17H22N6. The third-order valence-corrected chi connectivity index (χ3v) is 2.90. The molecule has 120 valence electrons. The van der Waals surface area contributed by atoms with E-state index in [9.17, 15) is 0 Å². The zero-order chi connectivity index (χ0) is 17.2. The maximum Gasteiger partial charge on any atom is 0.124 e. The number of allylic oxidation sites excluding steroid dienone is 3. The molecule has 0 atom stereocenters. The fraction of sp³-hybridized carbons (Fsp3) is 0.118. The summed E-state index contributed by atoms with van der Waals surface area (Å²) in [6.07, 6.45) is 8.02. The molecule has 0 aliphatic heterocycles. The van der Waals surface area contributed by atoms with Gasteiger partial charge in [0.25, 0.3) is 0 Å². The number of anilines is 1. The average molecular weight is 310 g/mol. The highest BCUT2D eigenvalue weighted by Crippen LogP contribution is 2.18. The van der Waals surface area contributed by atoms with Gasteiger partial charge in [-0.1, -0.05) is 6.58 Å². The van der Waals surface area contributed by atoms with Crippen LogP contribution in [0.3, 0.4) is 0 Å². The topological polar surface area (TPSA) is 113 Å². The molecule has 0 unspecified atom stereocenters. The lowest BCUT2D eigenvalue weighted by atomic mass is 10.2.